The molecular formula is C14H22O2. The zero-order valence-electron chi connectivity index (χ0n) is 10.5. The number of hydrogen-bond acceptors (Lipinski definition) is 1. The molecule has 0 aromatic rings. The summed E-state index contributed by atoms with van der Waals surface area (Å²) < 4.78 is 0. The monoisotopic (exact) mass is 222 g/mol. The van der Waals surface area contributed by atoms with Gasteiger partial charge in [0, 0.05) is 0 Å². The van der Waals surface area contributed by atoms with Crippen LogP contribution in [0.3, 0.4) is 0 Å². The van der Waals surface area contributed by atoms with Crippen molar-refractivity contribution < 1.29 is 9.90 Å². The summed E-state index contributed by atoms with van der Waals surface area (Å²) in [5.41, 5.74) is 2.52. The van der Waals surface area contributed by atoms with Crippen molar-refractivity contribution in [1.29, 1.82) is 0 Å². The van der Waals surface area contributed by atoms with Crippen LogP contribution in [0, 0.1) is 11.8 Å². The maximum atomic E-state index is 10.8. The van der Waals surface area contributed by atoms with Crippen molar-refractivity contribution in [3.8, 4) is 0 Å². The van der Waals surface area contributed by atoms with E-state index in [2.05, 4.69) is 19.9 Å². The molecule has 1 aliphatic rings. The summed E-state index contributed by atoms with van der Waals surface area (Å²) >= 11 is 0. The van der Waals surface area contributed by atoms with Crippen molar-refractivity contribution in [2.45, 2.75) is 46.5 Å². The average Bonchev–Trinajstić information content (AvgIpc) is 2.26. The smallest absolute Gasteiger partial charge is 0.310 e. The van der Waals surface area contributed by atoms with E-state index in [1.807, 2.05) is 6.08 Å². The van der Waals surface area contributed by atoms with Gasteiger partial charge in [-0.05, 0) is 38.5 Å². The van der Waals surface area contributed by atoms with Gasteiger partial charge in [0.25, 0.3) is 0 Å². The summed E-state index contributed by atoms with van der Waals surface area (Å²) in [6.07, 6.45) is 8.47. The molecule has 2 heteroatoms. The Morgan fingerprint density at radius 2 is 2.00 bits per heavy atom. The van der Waals surface area contributed by atoms with Gasteiger partial charge >= 0.3 is 5.97 Å². The average molecular weight is 222 g/mol. The third-order valence-electron chi connectivity index (χ3n) is 3.24. The van der Waals surface area contributed by atoms with Gasteiger partial charge in [-0.2, -0.15) is 0 Å². The Bertz CT molecular complexity index is 311. The molecule has 0 aliphatic heterocycles. The molecule has 0 fully saturated rings. The zero-order chi connectivity index (χ0) is 12.1. The number of aliphatic carboxylic acids is 1. The quantitative estimate of drug-likeness (QED) is 0.768. The largest absolute Gasteiger partial charge is 0.481 e. The standard InChI is InChI=1S/C14H22O2/c1-10(2)4-5-12-6-8-13(9-7-12)11(3)14(15)16/h6,8,10-11H,4-5,7,9H2,1-3H3,(H,15,16). The van der Waals surface area contributed by atoms with E-state index in [4.69, 9.17) is 5.11 Å². The van der Waals surface area contributed by atoms with E-state index in [-0.39, 0.29) is 5.92 Å². The Balaban J connectivity index is 2.53. The van der Waals surface area contributed by atoms with Crippen LogP contribution in [0.2, 0.25) is 0 Å². The summed E-state index contributed by atoms with van der Waals surface area (Å²) in [5.74, 6) is -0.308. The molecule has 0 radical (unpaired) electrons. The van der Waals surface area contributed by atoms with Crippen molar-refractivity contribution in [3.63, 3.8) is 0 Å². The Hall–Kier alpha value is -1.05. The summed E-state index contributed by atoms with van der Waals surface area (Å²) in [7, 11) is 0. The number of carboxylic acid groups (broad SMARTS) is 1. The molecule has 1 N–H and O–H groups in total. The Labute approximate surface area is 98.1 Å². The molecule has 0 saturated heterocycles. The fourth-order valence-electron chi connectivity index (χ4n) is 1.90. The molecule has 16 heavy (non-hydrogen) atoms. The first-order valence-electron chi connectivity index (χ1n) is 6.12. The van der Waals surface area contributed by atoms with Gasteiger partial charge in [-0.15, -0.1) is 0 Å². The van der Waals surface area contributed by atoms with E-state index >= 15 is 0 Å². The van der Waals surface area contributed by atoms with Crippen molar-refractivity contribution in [2.75, 3.05) is 0 Å². The second-order valence-corrected chi connectivity index (χ2v) is 5.06. The second kappa shape index (κ2) is 5.88. The minimum Gasteiger partial charge on any atom is -0.481 e. The van der Waals surface area contributed by atoms with E-state index in [1.54, 1.807) is 6.92 Å². The maximum absolute atomic E-state index is 10.8. The Morgan fingerprint density at radius 3 is 2.44 bits per heavy atom. The summed E-state index contributed by atoms with van der Waals surface area (Å²) in [4.78, 5) is 10.8. The van der Waals surface area contributed by atoms with Gasteiger partial charge in [-0.1, -0.05) is 37.1 Å². The molecule has 0 heterocycles. The minimum atomic E-state index is -0.717. The lowest BCUT2D eigenvalue weighted by molar-refractivity contribution is -0.139. The first-order valence-corrected chi connectivity index (χ1v) is 6.12. The lowest BCUT2D eigenvalue weighted by Gasteiger charge is -2.18. The SMILES string of the molecule is CC(C)CCC1=CC=C(C(C)C(=O)O)CC1. The van der Waals surface area contributed by atoms with E-state index in [0.717, 1.165) is 30.8 Å². The van der Waals surface area contributed by atoms with Gasteiger partial charge in [0.05, 0.1) is 5.92 Å². The molecule has 0 amide bonds. The van der Waals surface area contributed by atoms with Crippen LogP contribution in [0.25, 0.3) is 0 Å². The minimum absolute atomic E-state index is 0.331. The fourth-order valence-corrected chi connectivity index (χ4v) is 1.90. The molecule has 0 aromatic heterocycles. The van der Waals surface area contributed by atoms with Crippen LogP contribution >= 0.6 is 0 Å². The van der Waals surface area contributed by atoms with Crippen LogP contribution in [-0.2, 0) is 4.79 Å². The first kappa shape index (κ1) is 13.0. The molecule has 1 atom stereocenters. The van der Waals surface area contributed by atoms with Crippen molar-refractivity contribution >= 4 is 5.97 Å². The number of allylic oxidation sites excluding steroid dienone is 3. The number of carboxylic acids is 1. The first-order chi connectivity index (χ1) is 7.50. The lowest BCUT2D eigenvalue weighted by Crippen LogP contribution is -2.13. The van der Waals surface area contributed by atoms with Gasteiger partial charge < -0.3 is 5.11 Å². The van der Waals surface area contributed by atoms with Gasteiger partial charge in [0.1, 0.15) is 0 Å². The molecular weight excluding hydrogens is 200 g/mol. The predicted octanol–water partition coefficient (Wildman–Crippen LogP) is 3.79. The van der Waals surface area contributed by atoms with E-state index in [0.29, 0.717) is 0 Å². The highest BCUT2D eigenvalue weighted by Gasteiger charge is 2.18. The summed E-state index contributed by atoms with van der Waals surface area (Å²) in [6, 6.07) is 0. The molecule has 1 unspecified atom stereocenters. The highest BCUT2D eigenvalue weighted by molar-refractivity contribution is 5.73. The van der Waals surface area contributed by atoms with Gasteiger partial charge in [-0.3, -0.25) is 4.79 Å². The molecule has 2 nitrogen and oxygen atoms in total. The van der Waals surface area contributed by atoms with Crippen molar-refractivity contribution in [1.82, 2.24) is 0 Å². The van der Waals surface area contributed by atoms with Crippen LogP contribution in [0.4, 0.5) is 0 Å². The predicted molar refractivity (Wildman–Crippen MR) is 66.3 cm³/mol. The molecule has 90 valence electrons. The normalized spacial score (nSPS) is 18.0. The lowest BCUT2D eigenvalue weighted by atomic mass is 9.88. The summed E-state index contributed by atoms with van der Waals surface area (Å²) in [5, 5.41) is 8.91. The molecule has 0 bridgehead atoms. The van der Waals surface area contributed by atoms with Crippen LogP contribution in [0.5, 0.6) is 0 Å². The highest BCUT2D eigenvalue weighted by atomic mass is 16.4. The van der Waals surface area contributed by atoms with Crippen LogP contribution in [-0.4, -0.2) is 11.1 Å². The van der Waals surface area contributed by atoms with E-state index in [1.165, 1.54) is 12.0 Å². The van der Waals surface area contributed by atoms with Crippen LogP contribution in [0.1, 0.15) is 46.5 Å². The fraction of sp³-hybridized carbons (Fsp3) is 0.643. The Morgan fingerprint density at radius 1 is 1.31 bits per heavy atom. The van der Waals surface area contributed by atoms with Gasteiger partial charge in [0.15, 0.2) is 0 Å². The van der Waals surface area contributed by atoms with Crippen molar-refractivity contribution in [2.24, 2.45) is 11.8 Å². The third-order valence-corrected chi connectivity index (χ3v) is 3.24. The highest BCUT2D eigenvalue weighted by Crippen LogP contribution is 2.27. The number of rotatable bonds is 5. The molecule has 0 aromatic carbocycles. The topological polar surface area (TPSA) is 37.3 Å². The maximum Gasteiger partial charge on any atom is 0.310 e. The number of carbonyl (C=O) groups is 1. The van der Waals surface area contributed by atoms with E-state index in [9.17, 15) is 4.79 Å². The van der Waals surface area contributed by atoms with Crippen LogP contribution < -0.4 is 0 Å². The Kier molecular flexibility index (Phi) is 4.78. The second-order valence-electron chi connectivity index (χ2n) is 5.06. The van der Waals surface area contributed by atoms with Gasteiger partial charge in [0.2, 0.25) is 0 Å². The van der Waals surface area contributed by atoms with Crippen molar-refractivity contribution in [3.05, 3.63) is 23.3 Å². The molecule has 0 spiro atoms. The molecule has 1 aliphatic carbocycles. The van der Waals surface area contributed by atoms with Gasteiger partial charge in [-0.25, -0.2) is 0 Å². The van der Waals surface area contributed by atoms with Crippen LogP contribution in [0.15, 0.2) is 23.3 Å². The molecule has 0 saturated carbocycles. The number of hydrogen-bond donors (Lipinski definition) is 1. The van der Waals surface area contributed by atoms with E-state index < -0.39 is 5.97 Å². The summed E-state index contributed by atoms with van der Waals surface area (Å²) in [6.45, 7) is 6.23. The molecule has 1 rings (SSSR count). The zero-order valence-corrected chi connectivity index (χ0v) is 10.5. The third kappa shape index (κ3) is 3.84.